The molecule has 15 nitrogen and oxygen atoms in total. The van der Waals surface area contributed by atoms with Gasteiger partial charge in [0.25, 0.3) is 0 Å². The first-order chi connectivity index (χ1) is 16.7. The van der Waals surface area contributed by atoms with E-state index in [2.05, 4.69) is 14.2 Å². The first kappa shape index (κ1) is 31.7. The number of nitrogens with one attached hydrogen (secondary N) is 2. The van der Waals surface area contributed by atoms with E-state index >= 15 is 0 Å². The summed E-state index contributed by atoms with van der Waals surface area (Å²) in [6.45, 7) is 0. The molecule has 1 aliphatic rings. The zero-order valence-electron chi connectivity index (χ0n) is 21.2. The van der Waals surface area contributed by atoms with Crippen LogP contribution in [0.1, 0.15) is 0 Å². The van der Waals surface area contributed by atoms with Crippen molar-refractivity contribution in [1.82, 2.24) is 18.9 Å². The van der Waals surface area contributed by atoms with Gasteiger partial charge in [0.2, 0.25) is 0 Å². The first-order valence-electron chi connectivity index (χ1n) is 9.81. The van der Waals surface area contributed by atoms with Gasteiger partial charge < -0.3 is 0 Å². The summed E-state index contributed by atoms with van der Waals surface area (Å²) in [6.07, 6.45) is 0. The maximum atomic E-state index is 6.53. The number of hydrogen-bond acceptors (Lipinski definition) is 15. The van der Waals surface area contributed by atoms with Crippen LogP contribution in [0.3, 0.4) is 0 Å². The van der Waals surface area contributed by atoms with Gasteiger partial charge in [-0.2, -0.15) is 0 Å². The average Bonchev–Trinajstić information content (AvgIpc) is 2.92. The second-order valence-electron chi connectivity index (χ2n) is 6.26. The summed E-state index contributed by atoms with van der Waals surface area (Å²) in [6, 6.07) is 8.89. The predicted molar refractivity (Wildman–Crippen MR) is 140 cm³/mol. The Balaban J connectivity index is 3.09. The molecule has 0 spiro atoms. The summed E-state index contributed by atoms with van der Waals surface area (Å²) >= 11 is 0. The minimum absolute atomic E-state index is 0.219. The molecule has 0 aromatic heterocycles. The van der Waals surface area contributed by atoms with Crippen LogP contribution in [0.4, 0.5) is 0 Å². The van der Waals surface area contributed by atoms with E-state index in [0.717, 1.165) is 9.21 Å². The molecule has 35 heavy (non-hydrogen) atoms. The van der Waals surface area contributed by atoms with Crippen molar-refractivity contribution in [2.45, 2.75) is 0 Å². The van der Waals surface area contributed by atoms with E-state index in [0.29, 0.717) is 5.75 Å². The fourth-order valence-corrected chi connectivity index (χ4v) is 19.7. The second-order valence-corrected chi connectivity index (χ2v) is 18.5. The number of benzene rings is 1. The molecule has 20 heteroatoms. The van der Waals surface area contributed by atoms with Crippen molar-refractivity contribution >= 4 is 40.6 Å². The molecule has 0 radical (unpaired) electrons. The van der Waals surface area contributed by atoms with Crippen LogP contribution in [0.15, 0.2) is 34.8 Å². The molecule has 1 aliphatic heterocycles. The van der Waals surface area contributed by atoms with Gasteiger partial charge in [-0.1, -0.05) is 0 Å². The summed E-state index contributed by atoms with van der Waals surface area (Å²) in [4.78, 5) is 18.2. The van der Waals surface area contributed by atoms with Crippen LogP contribution in [-0.4, -0.2) is 73.2 Å². The van der Waals surface area contributed by atoms with Gasteiger partial charge in [-0.15, -0.1) is 0 Å². The normalized spacial score (nSPS) is 27.6. The zero-order chi connectivity index (χ0) is 26.3. The fraction of sp³-hybridized carbons (Fsp3) is 0.600. The minimum atomic E-state index is -5.13. The molecule has 2 N–H and O–H groups in total. The van der Waals surface area contributed by atoms with Gasteiger partial charge in [0.15, 0.2) is 0 Å². The van der Waals surface area contributed by atoms with Crippen molar-refractivity contribution in [3.63, 3.8) is 0 Å². The van der Waals surface area contributed by atoms with E-state index < -0.39 is 22.8 Å². The predicted octanol–water partition coefficient (Wildman–Crippen LogP) is 4.73. The molecule has 0 amide bonds. The van der Waals surface area contributed by atoms with Gasteiger partial charge in [-0.3, -0.25) is 0 Å². The third-order valence-corrected chi connectivity index (χ3v) is 20.2. The molecule has 0 fully saturated rings. The molecule has 1 heterocycles. The SMILES string of the molecule is CON1P(OC)(OC)=NPNPNP(OC)(OC)(Oc2ccccc2)N(OC)P1(OC)(OC)OC. The van der Waals surface area contributed by atoms with Crippen LogP contribution in [0.5, 0.6) is 5.75 Å². The Morgan fingerprint density at radius 3 is 1.80 bits per heavy atom. The third-order valence-electron chi connectivity index (χ3n) is 5.01. The van der Waals surface area contributed by atoms with Gasteiger partial charge >= 0.3 is 210 Å². The second kappa shape index (κ2) is 12.5. The Hall–Kier alpha value is 0.450. The zero-order valence-corrected chi connectivity index (χ0v) is 25.8. The Bertz CT molecular complexity index is 862. The molecule has 2 atom stereocenters. The summed E-state index contributed by atoms with van der Waals surface area (Å²) in [5.41, 5.74) is 0. The molecule has 0 aliphatic carbocycles. The molecular formula is C15H36N5O10P5. The molecule has 2 unspecified atom stereocenters. The molecule has 0 saturated carbocycles. The van der Waals surface area contributed by atoms with Crippen LogP contribution in [-0.2, 0) is 41.3 Å². The topological polar surface area (TPSA) is 135 Å². The number of hydrogen-bond donors (Lipinski definition) is 2. The van der Waals surface area contributed by atoms with Gasteiger partial charge in [-0.05, 0) is 0 Å². The van der Waals surface area contributed by atoms with Crippen molar-refractivity contribution in [2.75, 3.05) is 64.0 Å². The van der Waals surface area contributed by atoms with Gasteiger partial charge in [0.1, 0.15) is 0 Å². The van der Waals surface area contributed by atoms with E-state index in [9.17, 15) is 0 Å². The Labute approximate surface area is 210 Å². The van der Waals surface area contributed by atoms with Crippen molar-refractivity contribution in [3.05, 3.63) is 30.3 Å². The Morgan fingerprint density at radius 2 is 1.37 bits per heavy atom. The van der Waals surface area contributed by atoms with Crippen LogP contribution in [0, 0.1) is 0 Å². The van der Waals surface area contributed by atoms with Crippen molar-refractivity contribution in [2.24, 2.45) is 4.52 Å². The summed E-state index contributed by atoms with van der Waals surface area (Å²) in [5.74, 6) is 0.390. The number of rotatable bonds is 11. The van der Waals surface area contributed by atoms with Gasteiger partial charge in [-0.25, -0.2) is 0 Å². The van der Waals surface area contributed by atoms with Crippen molar-refractivity contribution < 1.29 is 45.9 Å². The quantitative estimate of drug-likeness (QED) is 0.338. The molecule has 1 aromatic carbocycles. The number of para-hydroxylation sites is 1. The van der Waals surface area contributed by atoms with Crippen LogP contribution < -0.4 is 14.2 Å². The Morgan fingerprint density at radius 1 is 0.800 bits per heavy atom. The molecular weight excluding hydrogens is 565 g/mol. The molecule has 2 rings (SSSR count). The summed E-state index contributed by atoms with van der Waals surface area (Å²) < 4.78 is 55.6. The van der Waals surface area contributed by atoms with E-state index in [-0.39, 0.29) is 17.8 Å². The van der Waals surface area contributed by atoms with Crippen molar-refractivity contribution in [3.8, 4) is 5.75 Å². The van der Waals surface area contributed by atoms with Crippen molar-refractivity contribution in [1.29, 1.82) is 0 Å². The molecule has 0 bridgehead atoms. The fourth-order valence-electron chi connectivity index (χ4n) is 3.39. The van der Waals surface area contributed by atoms with E-state index in [1.165, 1.54) is 64.0 Å². The van der Waals surface area contributed by atoms with E-state index in [4.69, 9.17) is 45.9 Å². The third kappa shape index (κ3) is 4.97. The summed E-state index contributed by atoms with van der Waals surface area (Å²) in [5, 5.41) is 0. The van der Waals surface area contributed by atoms with E-state index in [1.54, 1.807) is 24.3 Å². The van der Waals surface area contributed by atoms with Gasteiger partial charge in [0, 0.05) is 0 Å². The van der Waals surface area contributed by atoms with E-state index in [1.807, 2.05) is 6.07 Å². The maximum absolute atomic E-state index is 6.53. The number of nitrogens with zero attached hydrogens (tertiary/aromatic N) is 3. The van der Waals surface area contributed by atoms with Gasteiger partial charge in [0.05, 0.1) is 0 Å². The monoisotopic (exact) mass is 601 g/mol. The molecule has 0 saturated heterocycles. The molecule has 1 aromatic rings. The van der Waals surface area contributed by atoms with Crippen LogP contribution >= 0.6 is 40.6 Å². The average molecular weight is 601 g/mol. The summed E-state index contributed by atoms with van der Waals surface area (Å²) in [7, 11) is -1.56. The van der Waals surface area contributed by atoms with Crippen LogP contribution in [0.25, 0.3) is 0 Å². The first-order valence-corrected chi connectivity index (χ1v) is 17.1. The Kier molecular flexibility index (Phi) is 11.3. The molecule has 206 valence electrons. The standard InChI is InChI=1S/C15H36N5O10P5/c1-21-19-33(23-3,24-4)17-31-16-32-18-34(25-5,26-6,30-15-13-11-10-12-14-15)20(22-2)35(19,27-7,28-8)29-9/h10-14,16,18,31-32H,1-9H3. The van der Waals surface area contributed by atoms with Crippen LogP contribution in [0.2, 0.25) is 0 Å².